The monoisotopic (exact) mass is 336 g/mol. The molecule has 1 N–H and O–H groups in total. The number of carbonyl (C=O) groups excluding carboxylic acids is 1. The van der Waals surface area contributed by atoms with Crippen LogP contribution in [0, 0.1) is 10.1 Å². The second-order valence-electron chi connectivity index (χ2n) is 3.76. The summed E-state index contributed by atoms with van der Waals surface area (Å²) in [6, 6.07) is 7.53. The Balaban J connectivity index is 2.11. The van der Waals surface area contributed by atoms with Crippen LogP contribution in [-0.4, -0.2) is 10.8 Å². The van der Waals surface area contributed by atoms with E-state index in [0.717, 1.165) is 0 Å². The summed E-state index contributed by atoms with van der Waals surface area (Å²) < 4.78 is 5.60. The van der Waals surface area contributed by atoms with E-state index in [2.05, 4.69) is 21.2 Å². The number of hydrogen-bond donors (Lipinski definition) is 1. The van der Waals surface area contributed by atoms with E-state index in [1.807, 2.05) is 0 Å². The van der Waals surface area contributed by atoms with E-state index in [1.165, 1.54) is 36.6 Å². The second-order valence-corrected chi connectivity index (χ2v) is 4.61. The molecule has 102 valence electrons. The number of benzene rings is 1. The number of nitro benzene ring substituents is 1. The summed E-state index contributed by atoms with van der Waals surface area (Å²) in [6.07, 6.45) is 4.28. The zero-order chi connectivity index (χ0) is 14.5. The van der Waals surface area contributed by atoms with Gasteiger partial charge in [0.15, 0.2) is 0 Å². The highest BCUT2D eigenvalue weighted by Crippen LogP contribution is 2.27. The lowest BCUT2D eigenvalue weighted by Gasteiger charge is -2.04. The van der Waals surface area contributed by atoms with Crippen LogP contribution in [0.1, 0.15) is 5.76 Å². The molecule has 0 unspecified atom stereocenters. The third-order valence-corrected chi connectivity index (χ3v) is 3.05. The van der Waals surface area contributed by atoms with Gasteiger partial charge in [-0.15, -0.1) is 0 Å². The van der Waals surface area contributed by atoms with Gasteiger partial charge in [-0.05, 0) is 40.2 Å². The largest absolute Gasteiger partial charge is 0.465 e. The topological polar surface area (TPSA) is 85.4 Å². The van der Waals surface area contributed by atoms with Gasteiger partial charge in [-0.25, -0.2) is 0 Å². The van der Waals surface area contributed by atoms with Crippen LogP contribution in [0.4, 0.5) is 11.4 Å². The highest BCUT2D eigenvalue weighted by molar-refractivity contribution is 9.10. The molecule has 0 aliphatic carbocycles. The van der Waals surface area contributed by atoms with Crippen molar-refractivity contribution in [3.63, 3.8) is 0 Å². The molecule has 0 fully saturated rings. The fraction of sp³-hybridized carbons (Fsp3) is 0. The predicted octanol–water partition coefficient (Wildman–Crippen LogP) is 3.60. The van der Waals surface area contributed by atoms with Crippen LogP contribution < -0.4 is 5.32 Å². The van der Waals surface area contributed by atoms with Gasteiger partial charge in [0.25, 0.3) is 5.69 Å². The van der Waals surface area contributed by atoms with E-state index in [1.54, 1.807) is 12.1 Å². The van der Waals surface area contributed by atoms with Crippen LogP contribution in [0.2, 0.25) is 0 Å². The van der Waals surface area contributed by atoms with Gasteiger partial charge in [0, 0.05) is 22.7 Å². The summed E-state index contributed by atoms with van der Waals surface area (Å²) in [5.74, 6) is 0.126. The van der Waals surface area contributed by atoms with E-state index in [4.69, 9.17) is 4.42 Å². The highest BCUT2D eigenvalue weighted by atomic mass is 79.9. The number of nitro groups is 1. The van der Waals surface area contributed by atoms with Gasteiger partial charge < -0.3 is 9.73 Å². The summed E-state index contributed by atoms with van der Waals surface area (Å²) in [6.45, 7) is 0. The maximum atomic E-state index is 11.7. The third-order valence-electron chi connectivity index (χ3n) is 2.36. The van der Waals surface area contributed by atoms with Crippen molar-refractivity contribution in [2.45, 2.75) is 0 Å². The molecule has 20 heavy (non-hydrogen) atoms. The van der Waals surface area contributed by atoms with Gasteiger partial charge in [0.2, 0.25) is 5.91 Å². The first kappa shape index (κ1) is 14.0. The molecule has 7 heteroatoms. The zero-order valence-electron chi connectivity index (χ0n) is 10.1. The average molecular weight is 337 g/mol. The Kier molecular flexibility index (Phi) is 4.31. The Hall–Kier alpha value is -2.41. The van der Waals surface area contributed by atoms with Crippen LogP contribution in [-0.2, 0) is 4.79 Å². The van der Waals surface area contributed by atoms with Gasteiger partial charge in [-0.2, -0.15) is 0 Å². The molecule has 0 radical (unpaired) electrons. The van der Waals surface area contributed by atoms with E-state index < -0.39 is 10.8 Å². The highest BCUT2D eigenvalue weighted by Gasteiger charge is 2.10. The fourth-order valence-electron chi connectivity index (χ4n) is 1.44. The normalized spacial score (nSPS) is 10.7. The molecule has 0 bridgehead atoms. The molecule has 2 rings (SSSR count). The first-order chi connectivity index (χ1) is 9.56. The Bertz CT molecular complexity index is 665. The molecule has 0 aliphatic heterocycles. The molecule has 1 heterocycles. The van der Waals surface area contributed by atoms with Gasteiger partial charge >= 0.3 is 0 Å². The molecular weight excluding hydrogens is 328 g/mol. The minimum Gasteiger partial charge on any atom is -0.465 e. The molecule has 1 aromatic heterocycles. The standard InChI is InChI=1S/C13H9BrN2O4/c14-11-5-3-9(16(18)19)8-12(11)15-13(17)6-4-10-2-1-7-20-10/h1-8H,(H,15,17)/b6-4+. The number of hydrogen-bond acceptors (Lipinski definition) is 4. The maximum absolute atomic E-state index is 11.7. The van der Waals surface area contributed by atoms with Gasteiger partial charge in [0.1, 0.15) is 5.76 Å². The zero-order valence-corrected chi connectivity index (χ0v) is 11.7. The molecule has 2 aromatic rings. The second kappa shape index (κ2) is 6.16. The van der Waals surface area contributed by atoms with Gasteiger partial charge in [0.05, 0.1) is 16.9 Å². The molecule has 0 atom stereocenters. The van der Waals surface area contributed by atoms with Crippen molar-refractivity contribution < 1.29 is 14.1 Å². The summed E-state index contributed by atoms with van der Waals surface area (Å²) in [5.41, 5.74) is 0.229. The van der Waals surface area contributed by atoms with Crippen molar-refractivity contribution in [2.24, 2.45) is 0 Å². The Morgan fingerprint density at radius 2 is 2.20 bits per heavy atom. The van der Waals surface area contributed by atoms with Crippen molar-refractivity contribution >= 4 is 39.3 Å². The lowest BCUT2D eigenvalue weighted by molar-refractivity contribution is -0.384. The number of anilines is 1. The predicted molar refractivity (Wildman–Crippen MR) is 77.2 cm³/mol. The van der Waals surface area contributed by atoms with E-state index in [9.17, 15) is 14.9 Å². The van der Waals surface area contributed by atoms with Gasteiger partial charge in [-0.1, -0.05) is 0 Å². The van der Waals surface area contributed by atoms with Crippen molar-refractivity contribution in [1.29, 1.82) is 0 Å². The number of halogens is 1. The summed E-state index contributed by atoms with van der Waals surface area (Å²) in [7, 11) is 0. The number of non-ortho nitro benzene ring substituents is 1. The summed E-state index contributed by atoms with van der Waals surface area (Å²) >= 11 is 3.22. The van der Waals surface area contributed by atoms with E-state index in [0.29, 0.717) is 15.9 Å². The van der Waals surface area contributed by atoms with Crippen LogP contribution in [0.15, 0.2) is 51.6 Å². The molecular formula is C13H9BrN2O4. The Labute approximate surface area is 122 Å². The molecule has 0 saturated heterocycles. The van der Waals surface area contributed by atoms with Gasteiger partial charge in [-0.3, -0.25) is 14.9 Å². The summed E-state index contributed by atoms with van der Waals surface area (Å²) in [5, 5.41) is 13.2. The molecule has 0 saturated carbocycles. The van der Waals surface area contributed by atoms with Crippen LogP contribution >= 0.6 is 15.9 Å². The minimum absolute atomic E-state index is 0.0986. The van der Waals surface area contributed by atoms with Crippen molar-refractivity contribution in [3.05, 3.63) is 63.0 Å². The van der Waals surface area contributed by atoms with Crippen LogP contribution in [0.3, 0.4) is 0 Å². The quantitative estimate of drug-likeness (QED) is 0.525. The average Bonchev–Trinajstić information content (AvgIpc) is 2.92. The number of furan rings is 1. The minimum atomic E-state index is -0.527. The Morgan fingerprint density at radius 1 is 1.40 bits per heavy atom. The smallest absolute Gasteiger partial charge is 0.271 e. The molecule has 6 nitrogen and oxygen atoms in total. The SMILES string of the molecule is O=C(/C=C/c1ccco1)Nc1cc([N+](=O)[O-])ccc1Br. The van der Waals surface area contributed by atoms with Crippen molar-refractivity contribution in [2.75, 3.05) is 5.32 Å². The summed E-state index contributed by atoms with van der Waals surface area (Å²) in [4.78, 5) is 21.9. The van der Waals surface area contributed by atoms with Crippen LogP contribution in [0.5, 0.6) is 0 Å². The number of nitrogens with one attached hydrogen (secondary N) is 1. The Morgan fingerprint density at radius 3 is 2.85 bits per heavy atom. The molecule has 0 aliphatic rings. The number of amides is 1. The van der Waals surface area contributed by atoms with Crippen molar-refractivity contribution in [3.8, 4) is 0 Å². The third kappa shape index (κ3) is 3.55. The molecule has 1 aromatic carbocycles. The van der Waals surface area contributed by atoms with Crippen molar-refractivity contribution in [1.82, 2.24) is 0 Å². The van der Waals surface area contributed by atoms with E-state index in [-0.39, 0.29) is 5.69 Å². The van der Waals surface area contributed by atoms with Crippen LogP contribution in [0.25, 0.3) is 6.08 Å². The first-order valence-electron chi connectivity index (χ1n) is 5.53. The number of nitrogens with zero attached hydrogens (tertiary/aromatic N) is 1. The maximum Gasteiger partial charge on any atom is 0.271 e. The molecule has 1 amide bonds. The van der Waals surface area contributed by atoms with E-state index >= 15 is 0 Å². The lowest BCUT2D eigenvalue weighted by Crippen LogP contribution is -2.08. The fourth-order valence-corrected chi connectivity index (χ4v) is 1.79. The lowest BCUT2D eigenvalue weighted by atomic mass is 10.2. The first-order valence-corrected chi connectivity index (χ1v) is 6.32. The molecule has 0 spiro atoms. The number of carbonyl (C=O) groups is 1. The number of rotatable bonds is 4.